The molecule has 2 amide bonds. The minimum Gasteiger partial charge on any atom is -0.497 e. The summed E-state index contributed by atoms with van der Waals surface area (Å²) in [6.07, 6.45) is 1.68. The maximum absolute atomic E-state index is 12.1. The van der Waals surface area contributed by atoms with E-state index in [1.807, 2.05) is 61.2 Å². The van der Waals surface area contributed by atoms with Crippen molar-refractivity contribution in [3.63, 3.8) is 0 Å². The zero-order chi connectivity index (χ0) is 21.8. The summed E-state index contributed by atoms with van der Waals surface area (Å²) in [6, 6.07) is 13.9. The maximum Gasteiger partial charge on any atom is 0.321 e. The second kappa shape index (κ2) is 9.09. The van der Waals surface area contributed by atoms with Crippen LogP contribution in [0.4, 0.5) is 22.2 Å². The van der Waals surface area contributed by atoms with Crippen molar-refractivity contribution in [3.8, 4) is 17.1 Å². The highest BCUT2D eigenvalue weighted by Crippen LogP contribution is 2.35. The molecule has 1 fully saturated rings. The third kappa shape index (κ3) is 4.34. The van der Waals surface area contributed by atoms with Crippen molar-refractivity contribution in [2.45, 2.75) is 13.8 Å². The number of para-hydroxylation sites is 1. The van der Waals surface area contributed by atoms with Crippen molar-refractivity contribution in [1.29, 1.82) is 0 Å². The molecule has 0 saturated carbocycles. The quantitative estimate of drug-likeness (QED) is 0.545. The van der Waals surface area contributed by atoms with E-state index in [1.54, 1.807) is 18.2 Å². The summed E-state index contributed by atoms with van der Waals surface area (Å²) < 4.78 is 17.3. The van der Waals surface area contributed by atoms with Gasteiger partial charge in [-0.1, -0.05) is 18.2 Å². The number of rotatable bonds is 8. The summed E-state index contributed by atoms with van der Waals surface area (Å²) in [4.78, 5) is 20.2. The van der Waals surface area contributed by atoms with Crippen LogP contribution in [0.5, 0.6) is 5.75 Å². The number of methoxy groups -OCH3 is 1. The predicted octanol–water partition coefficient (Wildman–Crippen LogP) is 4.32. The Morgan fingerprint density at radius 2 is 2.10 bits per heavy atom. The molecule has 0 unspecified atom stereocenters. The number of aromatic nitrogens is 1. The number of nitrogens with zero attached hydrogens (tertiary/aromatic N) is 3. The van der Waals surface area contributed by atoms with Gasteiger partial charge in [-0.3, -0.25) is 9.80 Å². The molecule has 2 heterocycles. The Bertz CT molecular complexity index is 1070. The SMILES string of the molecule is CCOCN(c1ncc(-c2cc(OC)cc(N3CCNC3=O)c2)o1)c1ccccc1C. The highest BCUT2D eigenvalue weighted by molar-refractivity contribution is 5.95. The van der Waals surface area contributed by atoms with E-state index in [-0.39, 0.29) is 6.03 Å². The molecule has 2 aromatic carbocycles. The number of anilines is 3. The lowest BCUT2D eigenvalue weighted by Crippen LogP contribution is -2.27. The summed E-state index contributed by atoms with van der Waals surface area (Å²) in [7, 11) is 1.60. The first-order valence-electron chi connectivity index (χ1n) is 10.2. The standard InChI is InChI=1S/C23H26N4O4/c1-4-30-15-27(20-8-6-5-7-16(20)2)23-25-14-21(31-23)17-11-18(13-19(12-17)29-3)26-10-9-24-22(26)28/h5-8,11-14H,4,9-10,15H2,1-3H3,(H,24,28). The van der Waals surface area contributed by atoms with Gasteiger partial charge in [-0.15, -0.1) is 0 Å². The molecule has 1 aliphatic heterocycles. The molecule has 8 nitrogen and oxygen atoms in total. The molecule has 1 saturated heterocycles. The van der Waals surface area contributed by atoms with Gasteiger partial charge >= 0.3 is 12.0 Å². The third-order valence-electron chi connectivity index (χ3n) is 5.14. The van der Waals surface area contributed by atoms with Crippen LogP contribution in [-0.4, -0.2) is 44.6 Å². The molecular weight excluding hydrogens is 396 g/mol. The van der Waals surface area contributed by atoms with E-state index in [1.165, 1.54) is 0 Å². The lowest BCUT2D eigenvalue weighted by Gasteiger charge is -2.22. The summed E-state index contributed by atoms with van der Waals surface area (Å²) in [6.45, 7) is 6.09. The Hall–Kier alpha value is -3.52. The molecule has 31 heavy (non-hydrogen) atoms. The highest BCUT2D eigenvalue weighted by Gasteiger charge is 2.23. The summed E-state index contributed by atoms with van der Waals surface area (Å²) in [5.74, 6) is 1.21. The van der Waals surface area contributed by atoms with E-state index in [4.69, 9.17) is 13.9 Å². The van der Waals surface area contributed by atoms with Crippen molar-refractivity contribution < 1.29 is 18.7 Å². The van der Waals surface area contributed by atoms with Crippen LogP contribution in [0.2, 0.25) is 0 Å². The Balaban J connectivity index is 1.70. The third-order valence-corrected chi connectivity index (χ3v) is 5.14. The normalized spacial score (nSPS) is 13.4. The van der Waals surface area contributed by atoms with Gasteiger partial charge in [0.1, 0.15) is 12.5 Å². The minimum absolute atomic E-state index is 0.125. The van der Waals surface area contributed by atoms with Crippen LogP contribution in [0.25, 0.3) is 11.3 Å². The lowest BCUT2D eigenvalue weighted by molar-refractivity contribution is 0.151. The van der Waals surface area contributed by atoms with Crippen molar-refractivity contribution in [2.75, 3.05) is 43.3 Å². The van der Waals surface area contributed by atoms with Gasteiger partial charge in [0, 0.05) is 37.0 Å². The van der Waals surface area contributed by atoms with Crippen molar-refractivity contribution in [2.24, 2.45) is 0 Å². The topological polar surface area (TPSA) is 80.1 Å². The van der Waals surface area contributed by atoms with E-state index < -0.39 is 0 Å². The fraction of sp³-hybridized carbons (Fsp3) is 0.304. The highest BCUT2D eigenvalue weighted by atomic mass is 16.5. The Kier molecular flexibility index (Phi) is 6.08. The van der Waals surface area contributed by atoms with E-state index in [0.717, 1.165) is 22.5 Å². The molecule has 1 N–H and O–H groups in total. The average Bonchev–Trinajstić information content (AvgIpc) is 3.44. The molecule has 0 atom stereocenters. The van der Waals surface area contributed by atoms with Crippen molar-refractivity contribution in [3.05, 3.63) is 54.2 Å². The first-order valence-corrected chi connectivity index (χ1v) is 10.2. The van der Waals surface area contributed by atoms with Gasteiger partial charge in [-0.25, -0.2) is 9.78 Å². The smallest absolute Gasteiger partial charge is 0.321 e. The molecule has 0 radical (unpaired) electrons. The first kappa shape index (κ1) is 20.7. The number of oxazole rings is 1. The number of nitrogens with one attached hydrogen (secondary N) is 1. The van der Waals surface area contributed by atoms with Gasteiger partial charge in [0.2, 0.25) is 0 Å². The molecule has 3 aromatic rings. The second-order valence-corrected chi connectivity index (χ2v) is 7.15. The zero-order valence-electron chi connectivity index (χ0n) is 17.9. The Morgan fingerprint density at radius 3 is 2.81 bits per heavy atom. The number of carbonyl (C=O) groups is 1. The Labute approximate surface area is 181 Å². The predicted molar refractivity (Wildman–Crippen MR) is 119 cm³/mol. The summed E-state index contributed by atoms with van der Waals surface area (Å²) >= 11 is 0. The van der Waals surface area contributed by atoms with E-state index in [9.17, 15) is 4.79 Å². The molecule has 1 aliphatic rings. The zero-order valence-corrected chi connectivity index (χ0v) is 17.9. The van der Waals surface area contributed by atoms with Gasteiger partial charge in [-0.2, -0.15) is 0 Å². The molecular formula is C23H26N4O4. The van der Waals surface area contributed by atoms with Crippen molar-refractivity contribution in [1.82, 2.24) is 10.3 Å². The van der Waals surface area contributed by atoms with E-state index >= 15 is 0 Å². The fourth-order valence-corrected chi connectivity index (χ4v) is 3.52. The lowest BCUT2D eigenvalue weighted by atomic mass is 10.1. The molecule has 8 heteroatoms. The maximum atomic E-state index is 12.1. The minimum atomic E-state index is -0.125. The van der Waals surface area contributed by atoms with Crippen molar-refractivity contribution >= 4 is 23.4 Å². The second-order valence-electron chi connectivity index (χ2n) is 7.15. The number of carbonyl (C=O) groups excluding carboxylic acids is 1. The van der Waals surface area contributed by atoms with Crippen LogP contribution in [0.3, 0.4) is 0 Å². The number of hydrogen-bond donors (Lipinski definition) is 1. The van der Waals surface area contributed by atoms with Gasteiger partial charge < -0.3 is 19.2 Å². The first-order chi connectivity index (χ1) is 15.1. The molecule has 162 valence electrons. The van der Waals surface area contributed by atoms with E-state index in [2.05, 4.69) is 10.3 Å². The summed E-state index contributed by atoms with van der Waals surface area (Å²) in [5, 5.41) is 2.82. The number of ether oxygens (including phenoxy) is 2. The van der Waals surface area contributed by atoms with Crippen LogP contribution in [-0.2, 0) is 4.74 Å². The van der Waals surface area contributed by atoms with E-state index in [0.29, 0.717) is 44.0 Å². The van der Waals surface area contributed by atoms with Gasteiger partial charge in [0.05, 0.1) is 19.0 Å². The number of amides is 2. The average molecular weight is 422 g/mol. The Morgan fingerprint density at radius 1 is 1.26 bits per heavy atom. The monoisotopic (exact) mass is 422 g/mol. The molecule has 4 rings (SSSR count). The van der Waals surface area contributed by atoms with Crippen LogP contribution >= 0.6 is 0 Å². The van der Waals surface area contributed by atoms with Crippen LogP contribution in [0.1, 0.15) is 12.5 Å². The number of hydrogen-bond acceptors (Lipinski definition) is 6. The van der Waals surface area contributed by atoms with Crippen LogP contribution in [0.15, 0.2) is 53.1 Å². The number of aryl methyl sites for hydroxylation is 1. The molecule has 1 aromatic heterocycles. The number of urea groups is 1. The fourth-order valence-electron chi connectivity index (χ4n) is 3.52. The molecule has 0 bridgehead atoms. The van der Waals surface area contributed by atoms with Gasteiger partial charge in [0.15, 0.2) is 5.76 Å². The summed E-state index contributed by atoms with van der Waals surface area (Å²) in [5.41, 5.74) is 3.57. The largest absolute Gasteiger partial charge is 0.497 e. The van der Waals surface area contributed by atoms with Crippen LogP contribution in [0, 0.1) is 6.92 Å². The molecule has 0 spiro atoms. The number of benzene rings is 2. The van der Waals surface area contributed by atoms with Gasteiger partial charge in [0.25, 0.3) is 0 Å². The van der Waals surface area contributed by atoms with Crippen LogP contribution < -0.4 is 19.9 Å². The molecule has 0 aliphatic carbocycles. The van der Waals surface area contributed by atoms with Gasteiger partial charge in [-0.05, 0) is 37.6 Å².